The van der Waals surface area contributed by atoms with Crippen LogP contribution in [0.1, 0.15) is 46.3 Å². The molecule has 1 aliphatic carbocycles. The largest absolute Gasteiger partial charge is 0.397 e. The van der Waals surface area contributed by atoms with Crippen molar-refractivity contribution in [2.24, 2.45) is 0 Å². The van der Waals surface area contributed by atoms with Crippen LogP contribution < -0.4 is 11.1 Å². The van der Waals surface area contributed by atoms with Gasteiger partial charge in [-0.05, 0) is 55.4 Å². The first-order chi connectivity index (χ1) is 12.6. The van der Waals surface area contributed by atoms with Crippen molar-refractivity contribution in [3.8, 4) is 0 Å². The number of nitrogens with zero attached hydrogens (tertiary/aromatic N) is 1. The number of hydrogen-bond donors (Lipinski definition) is 2. The highest BCUT2D eigenvalue weighted by Gasteiger charge is 2.24. The minimum absolute atomic E-state index is 0.235. The highest BCUT2D eigenvalue weighted by molar-refractivity contribution is 7.21. The predicted octanol–water partition coefficient (Wildman–Crippen LogP) is 5.23. The van der Waals surface area contributed by atoms with Gasteiger partial charge in [0.05, 0.1) is 16.4 Å². The van der Waals surface area contributed by atoms with Crippen LogP contribution in [0.25, 0.3) is 10.2 Å². The van der Waals surface area contributed by atoms with Gasteiger partial charge in [-0.15, -0.1) is 11.3 Å². The number of aromatic nitrogens is 1. The fourth-order valence-corrected chi connectivity index (χ4v) is 4.92. The summed E-state index contributed by atoms with van der Waals surface area (Å²) in [5.41, 5.74) is 11.3. The molecule has 3 N–H and O–H groups in total. The summed E-state index contributed by atoms with van der Waals surface area (Å²) >= 11 is 7.52. The number of carbonyl (C=O) groups is 1. The van der Waals surface area contributed by atoms with Crippen molar-refractivity contribution in [3.63, 3.8) is 0 Å². The van der Waals surface area contributed by atoms with Gasteiger partial charge in [-0.3, -0.25) is 4.79 Å². The van der Waals surface area contributed by atoms with Crippen LogP contribution in [-0.2, 0) is 19.3 Å². The molecule has 1 aliphatic rings. The van der Waals surface area contributed by atoms with Crippen LogP contribution >= 0.6 is 22.9 Å². The number of halogens is 1. The monoisotopic (exact) mass is 385 g/mol. The van der Waals surface area contributed by atoms with Crippen LogP contribution in [0.15, 0.2) is 24.3 Å². The topological polar surface area (TPSA) is 68.0 Å². The van der Waals surface area contributed by atoms with Gasteiger partial charge >= 0.3 is 0 Å². The Morgan fingerprint density at radius 1 is 1.27 bits per heavy atom. The number of para-hydroxylation sites is 1. The van der Waals surface area contributed by atoms with E-state index in [0.29, 0.717) is 21.3 Å². The van der Waals surface area contributed by atoms with Crippen molar-refractivity contribution in [1.82, 2.24) is 4.98 Å². The number of amides is 1. The number of carbonyl (C=O) groups excluding carboxylic acids is 1. The minimum Gasteiger partial charge on any atom is -0.397 e. The molecule has 0 unspecified atom stereocenters. The summed E-state index contributed by atoms with van der Waals surface area (Å²) in [6.07, 6.45) is 5.31. The summed E-state index contributed by atoms with van der Waals surface area (Å²) in [7, 11) is 0. The molecule has 0 fully saturated rings. The standard InChI is InChI=1S/C20H20ClN3OS/c1-2-14-11-7-3-4-8-12(11)16-17(22)18(26-20(16)24-14)19(25)23-15-10-6-5-9-13(15)21/h5-6,9-10H,2-4,7-8,22H2,1H3,(H,23,25). The molecule has 6 heteroatoms. The van der Waals surface area contributed by atoms with Crippen LogP contribution in [0.5, 0.6) is 0 Å². The van der Waals surface area contributed by atoms with Crippen molar-refractivity contribution in [2.75, 3.05) is 11.1 Å². The van der Waals surface area contributed by atoms with Crippen molar-refractivity contribution >= 4 is 50.4 Å². The second-order valence-corrected chi connectivity index (χ2v) is 7.94. The van der Waals surface area contributed by atoms with Crippen LogP contribution in [0, 0.1) is 0 Å². The highest BCUT2D eigenvalue weighted by atomic mass is 35.5. The lowest BCUT2D eigenvalue weighted by Gasteiger charge is -2.19. The van der Waals surface area contributed by atoms with Crippen molar-refractivity contribution in [2.45, 2.75) is 39.0 Å². The van der Waals surface area contributed by atoms with Gasteiger partial charge in [0.1, 0.15) is 9.71 Å². The molecule has 0 radical (unpaired) electrons. The summed E-state index contributed by atoms with van der Waals surface area (Å²) < 4.78 is 0. The molecular weight excluding hydrogens is 366 g/mol. The van der Waals surface area contributed by atoms with Gasteiger partial charge in [0.25, 0.3) is 5.91 Å². The molecule has 0 saturated carbocycles. The number of hydrogen-bond acceptors (Lipinski definition) is 4. The number of nitrogens with one attached hydrogen (secondary N) is 1. The molecule has 1 amide bonds. The number of nitrogens with two attached hydrogens (primary N) is 1. The van der Waals surface area contributed by atoms with E-state index < -0.39 is 0 Å². The quantitative estimate of drug-likeness (QED) is 0.649. The van der Waals surface area contributed by atoms with E-state index in [1.807, 2.05) is 12.1 Å². The number of benzene rings is 1. The molecule has 0 bridgehead atoms. The van der Waals surface area contributed by atoms with E-state index in [9.17, 15) is 4.79 Å². The van der Waals surface area contributed by atoms with Crippen molar-refractivity contribution in [1.29, 1.82) is 0 Å². The fourth-order valence-electron chi connectivity index (χ4n) is 3.69. The first kappa shape index (κ1) is 17.3. The molecule has 134 valence electrons. The number of rotatable bonds is 3. The third kappa shape index (κ3) is 2.85. The fraction of sp³-hybridized carbons (Fsp3) is 0.300. The maximum atomic E-state index is 12.8. The lowest BCUT2D eigenvalue weighted by molar-refractivity contribution is 0.103. The molecule has 0 aliphatic heterocycles. The van der Waals surface area contributed by atoms with E-state index in [0.717, 1.165) is 41.6 Å². The van der Waals surface area contributed by atoms with E-state index >= 15 is 0 Å². The Kier molecular flexibility index (Phi) is 4.59. The third-order valence-corrected chi connectivity index (χ3v) is 6.37. The Labute approximate surface area is 161 Å². The van der Waals surface area contributed by atoms with Gasteiger partial charge in [-0.1, -0.05) is 30.7 Å². The molecular formula is C20H20ClN3OS. The molecule has 4 nitrogen and oxygen atoms in total. The van der Waals surface area contributed by atoms with Gasteiger partial charge < -0.3 is 11.1 Å². The van der Waals surface area contributed by atoms with Crippen LogP contribution in [0.2, 0.25) is 5.02 Å². The number of pyridine rings is 1. The second-order valence-electron chi connectivity index (χ2n) is 6.54. The molecule has 0 spiro atoms. The maximum Gasteiger partial charge on any atom is 0.267 e. The molecule has 3 aromatic rings. The molecule has 4 rings (SSSR count). The molecule has 26 heavy (non-hydrogen) atoms. The number of thiophene rings is 1. The third-order valence-electron chi connectivity index (χ3n) is 4.94. The number of anilines is 2. The zero-order valence-electron chi connectivity index (χ0n) is 14.6. The molecule has 2 aromatic heterocycles. The Morgan fingerprint density at radius 3 is 2.73 bits per heavy atom. The van der Waals surface area contributed by atoms with Crippen LogP contribution in [-0.4, -0.2) is 10.9 Å². The molecule has 1 aromatic carbocycles. The summed E-state index contributed by atoms with van der Waals surface area (Å²) in [4.78, 5) is 19.0. The summed E-state index contributed by atoms with van der Waals surface area (Å²) in [5, 5.41) is 4.35. The van der Waals surface area contributed by atoms with Gasteiger partial charge in [-0.2, -0.15) is 0 Å². The van der Waals surface area contributed by atoms with Crippen molar-refractivity contribution < 1.29 is 4.79 Å². The summed E-state index contributed by atoms with van der Waals surface area (Å²) in [6, 6.07) is 7.19. The zero-order chi connectivity index (χ0) is 18.3. The minimum atomic E-state index is -0.235. The number of aryl methyl sites for hydroxylation is 2. The average Bonchev–Trinajstić information content (AvgIpc) is 2.99. The average molecular weight is 386 g/mol. The maximum absolute atomic E-state index is 12.8. The van der Waals surface area contributed by atoms with Gasteiger partial charge in [0.15, 0.2) is 0 Å². The molecule has 0 saturated heterocycles. The van der Waals surface area contributed by atoms with Gasteiger partial charge in [-0.25, -0.2) is 4.98 Å². The predicted molar refractivity (Wildman–Crippen MR) is 109 cm³/mol. The van der Waals surface area contributed by atoms with Crippen LogP contribution in [0.3, 0.4) is 0 Å². The van der Waals surface area contributed by atoms with E-state index in [2.05, 4.69) is 12.2 Å². The summed E-state index contributed by atoms with van der Waals surface area (Å²) in [6.45, 7) is 2.13. The van der Waals surface area contributed by atoms with E-state index in [-0.39, 0.29) is 5.91 Å². The second kappa shape index (κ2) is 6.89. The Balaban J connectivity index is 1.80. The Hall–Kier alpha value is -2.11. The van der Waals surface area contributed by atoms with Gasteiger partial charge in [0, 0.05) is 11.1 Å². The van der Waals surface area contributed by atoms with E-state index in [1.165, 1.54) is 28.9 Å². The lowest BCUT2D eigenvalue weighted by Crippen LogP contribution is -2.12. The Morgan fingerprint density at radius 2 is 2.00 bits per heavy atom. The normalized spacial score (nSPS) is 13.6. The first-order valence-corrected chi connectivity index (χ1v) is 10.1. The first-order valence-electron chi connectivity index (χ1n) is 8.88. The number of fused-ring (bicyclic) bond motifs is 3. The SMILES string of the molecule is CCc1nc2sc(C(=O)Nc3ccccc3Cl)c(N)c2c2c1CCCC2. The van der Waals surface area contributed by atoms with Gasteiger partial charge in [0.2, 0.25) is 0 Å². The highest BCUT2D eigenvalue weighted by Crippen LogP contribution is 2.40. The molecule has 0 atom stereocenters. The number of nitrogen functional groups attached to an aromatic ring is 1. The van der Waals surface area contributed by atoms with Crippen molar-refractivity contribution in [3.05, 3.63) is 51.0 Å². The zero-order valence-corrected chi connectivity index (χ0v) is 16.1. The lowest BCUT2D eigenvalue weighted by atomic mass is 9.88. The smallest absolute Gasteiger partial charge is 0.267 e. The van der Waals surface area contributed by atoms with E-state index in [4.69, 9.17) is 22.3 Å². The summed E-state index contributed by atoms with van der Waals surface area (Å²) in [5.74, 6) is -0.235. The van der Waals surface area contributed by atoms with Crippen LogP contribution in [0.4, 0.5) is 11.4 Å². The molecule has 2 heterocycles. The Bertz CT molecular complexity index is 1010. The van der Waals surface area contributed by atoms with E-state index in [1.54, 1.807) is 12.1 Å².